The van der Waals surface area contributed by atoms with Crippen molar-refractivity contribution in [2.24, 2.45) is 0 Å². The summed E-state index contributed by atoms with van der Waals surface area (Å²) in [6, 6.07) is 8.44. The molecule has 0 amide bonds. The molecule has 3 atom stereocenters. The Morgan fingerprint density at radius 3 is 2.53 bits per heavy atom. The van der Waals surface area contributed by atoms with Crippen LogP contribution in [0.2, 0.25) is 0 Å². The molecule has 1 saturated carbocycles. The fraction of sp³-hybridized carbons (Fsp3) is 0.571. The lowest BCUT2D eigenvalue weighted by Gasteiger charge is -2.18. The molecule has 0 bridgehead atoms. The zero-order chi connectivity index (χ0) is 12.3. The van der Waals surface area contributed by atoms with Gasteiger partial charge in [0.05, 0.1) is 6.10 Å². The first kappa shape index (κ1) is 12.4. The summed E-state index contributed by atoms with van der Waals surface area (Å²) in [5.41, 5.74) is 1.24. The fourth-order valence-corrected chi connectivity index (χ4v) is 2.22. The van der Waals surface area contributed by atoms with Gasteiger partial charge < -0.3 is 15.2 Å². The third-order valence-electron chi connectivity index (χ3n) is 3.52. The standard InChI is InChI=1S/C14H21NO2/c1-10(15-2)11-6-8-12(9-7-11)17-14-5-3-4-13(14)16/h6-10,13-16H,3-5H2,1-2H3. The van der Waals surface area contributed by atoms with Gasteiger partial charge in [0.25, 0.3) is 0 Å². The van der Waals surface area contributed by atoms with Gasteiger partial charge in [-0.15, -0.1) is 0 Å². The molecule has 3 unspecified atom stereocenters. The van der Waals surface area contributed by atoms with Crippen molar-refractivity contribution in [3.8, 4) is 5.75 Å². The van der Waals surface area contributed by atoms with E-state index < -0.39 is 0 Å². The second kappa shape index (κ2) is 5.52. The molecular weight excluding hydrogens is 214 g/mol. The minimum atomic E-state index is -0.300. The molecule has 94 valence electrons. The Kier molecular flexibility index (Phi) is 4.02. The lowest BCUT2D eigenvalue weighted by Crippen LogP contribution is -2.25. The van der Waals surface area contributed by atoms with Crippen molar-refractivity contribution in [3.63, 3.8) is 0 Å². The van der Waals surface area contributed by atoms with Crippen LogP contribution in [0.1, 0.15) is 37.8 Å². The van der Waals surface area contributed by atoms with E-state index in [4.69, 9.17) is 4.74 Å². The molecule has 2 N–H and O–H groups in total. The second-order valence-corrected chi connectivity index (χ2v) is 4.73. The van der Waals surface area contributed by atoms with Crippen LogP contribution in [-0.2, 0) is 0 Å². The molecule has 0 spiro atoms. The van der Waals surface area contributed by atoms with E-state index in [1.807, 2.05) is 19.2 Å². The fourth-order valence-electron chi connectivity index (χ4n) is 2.22. The molecule has 0 aliphatic heterocycles. The first-order valence-electron chi connectivity index (χ1n) is 6.32. The molecule has 1 aliphatic carbocycles. The van der Waals surface area contributed by atoms with E-state index >= 15 is 0 Å². The molecular formula is C14H21NO2. The van der Waals surface area contributed by atoms with Crippen LogP contribution in [0.15, 0.2) is 24.3 Å². The summed E-state index contributed by atoms with van der Waals surface area (Å²) < 4.78 is 5.79. The third-order valence-corrected chi connectivity index (χ3v) is 3.52. The summed E-state index contributed by atoms with van der Waals surface area (Å²) >= 11 is 0. The Labute approximate surface area is 103 Å². The number of benzene rings is 1. The largest absolute Gasteiger partial charge is 0.488 e. The number of nitrogens with one attached hydrogen (secondary N) is 1. The van der Waals surface area contributed by atoms with E-state index in [2.05, 4.69) is 24.4 Å². The summed E-state index contributed by atoms with van der Waals surface area (Å²) in [4.78, 5) is 0. The molecule has 3 heteroatoms. The summed E-state index contributed by atoms with van der Waals surface area (Å²) in [5.74, 6) is 0.850. The second-order valence-electron chi connectivity index (χ2n) is 4.73. The summed E-state index contributed by atoms with van der Waals surface area (Å²) in [5, 5.41) is 12.9. The number of rotatable bonds is 4. The smallest absolute Gasteiger partial charge is 0.124 e. The van der Waals surface area contributed by atoms with Crippen molar-refractivity contribution in [3.05, 3.63) is 29.8 Å². The van der Waals surface area contributed by atoms with Crippen molar-refractivity contribution in [1.29, 1.82) is 0 Å². The average Bonchev–Trinajstić information content (AvgIpc) is 2.75. The Bertz CT molecular complexity index is 350. The molecule has 0 radical (unpaired) electrons. The predicted molar refractivity (Wildman–Crippen MR) is 68.2 cm³/mol. The topological polar surface area (TPSA) is 41.5 Å². The molecule has 0 saturated heterocycles. The van der Waals surface area contributed by atoms with Crippen molar-refractivity contribution in [2.45, 2.75) is 44.4 Å². The van der Waals surface area contributed by atoms with Crippen LogP contribution in [0.3, 0.4) is 0 Å². The quantitative estimate of drug-likeness (QED) is 0.841. The summed E-state index contributed by atoms with van der Waals surface area (Å²) in [7, 11) is 1.95. The van der Waals surface area contributed by atoms with E-state index in [1.165, 1.54) is 5.56 Å². The van der Waals surface area contributed by atoms with Gasteiger partial charge in [0.2, 0.25) is 0 Å². The maximum atomic E-state index is 9.70. The van der Waals surface area contributed by atoms with Gasteiger partial charge in [-0.05, 0) is 50.9 Å². The van der Waals surface area contributed by atoms with E-state index in [0.717, 1.165) is 25.0 Å². The normalized spacial score (nSPS) is 25.8. The molecule has 0 heterocycles. The number of ether oxygens (including phenoxy) is 1. The molecule has 1 aromatic rings. The lowest BCUT2D eigenvalue weighted by atomic mass is 10.1. The Morgan fingerprint density at radius 2 is 2.00 bits per heavy atom. The zero-order valence-corrected chi connectivity index (χ0v) is 10.5. The highest BCUT2D eigenvalue weighted by molar-refractivity contribution is 5.29. The molecule has 2 rings (SSSR count). The van der Waals surface area contributed by atoms with Crippen LogP contribution < -0.4 is 10.1 Å². The van der Waals surface area contributed by atoms with Crippen LogP contribution >= 0.6 is 0 Å². The highest BCUT2D eigenvalue weighted by Crippen LogP contribution is 2.25. The molecule has 1 aromatic carbocycles. The SMILES string of the molecule is CNC(C)c1ccc(OC2CCCC2O)cc1. The predicted octanol–water partition coefficient (Wildman–Crippen LogP) is 2.26. The molecule has 3 nitrogen and oxygen atoms in total. The van der Waals surface area contributed by atoms with Gasteiger partial charge in [-0.25, -0.2) is 0 Å². The molecule has 1 fully saturated rings. The highest BCUT2D eigenvalue weighted by atomic mass is 16.5. The summed E-state index contributed by atoms with van der Waals surface area (Å²) in [6.45, 7) is 2.12. The summed E-state index contributed by atoms with van der Waals surface area (Å²) in [6.07, 6.45) is 2.55. The van der Waals surface area contributed by atoms with Gasteiger partial charge in [-0.2, -0.15) is 0 Å². The van der Waals surface area contributed by atoms with Crippen LogP contribution in [0.4, 0.5) is 0 Å². The van der Waals surface area contributed by atoms with Gasteiger partial charge in [-0.3, -0.25) is 0 Å². The van der Waals surface area contributed by atoms with Gasteiger partial charge in [-0.1, -0.05) is 12.1 Å². The monoisotopic (exact) mass is 235 g/mol. The number of hydrogen-bond acceptors (Lipinski definition) is 3. The van der Waals surface area contributed by atoms with Gasteiger partial charge in [0, 0.05) is 6.04 Å². The first-order valence-corrected chi connectivity index (χ1v) is 6.32. The molecule has 0 aromatic heterocycles. The minimum Gasteiger partial charge on any atom is -0.488 e. The Balaban J connectivity index is 1.98. The van der Waals surface area contributed by atoms with E-state index in [1.54, 1.807) is 0 Å². The molecule has 17 heavy (non-hydrogen) atoms. The highest BCUT2D eigenvalue weighted by Gasteiger charge is 2.26. The van der Waals surface area contributed by atoms with Crippen LogP contribution in [0.5, 0.6) is 5.75 Å². The van der Waals surface area contributed by atoms with Crippen molar-refractivity contribution < 1.29 is 9.84 Å². The minimum absolute atomic E-state index is 0.0254. The zero-order valence-electron chi connectivity index (χ0n) is 10.5. The van der Waals surface area contributed by atoms with E-state index in [-0.39, 0.29) is 12.2 Å². The van der Waals surface area contributed by atoms with Crippen molar-refractivity contribution in [2.75, 3.05) is 7.05 Å². The van der Waals surface area contributed by atoms with E-state index in [0.29, 0.717) is 6.04 Å². The number of aliphatic hydroxyl groups excluding tert-OH is 1. The maximum Gasteiger partial charge on any atom is 0.124 e. The van der Waals surface area contributed by atoms with E-state index in [9.17, 15) is 5.11 Å². The van der Waals surface area contributed by atoms with Gasteiger partial charge in [0.1, 0.15) is 11.9 Å². The number of hydrogen-bond donors (Lipinski definition) is 2. The average molecular weight is 235 g/mol. The number of aliphatic hydroxyl groups is 1. The lowest BCUT2D eigenvalue weighted by molar-refractivity contribution is 0.0604. The maximum absolute atomic E-state index is 9.70. The molecule has 1 aliphatic rings. The van der Waals surface area contributed by atoms with Crippen LogP contribution in [-0.4, -0.2) is 24.4 Å². The first-order chi connectivity index (χ1) is 8.20. The van der Waals surface area contributed by atoms with Crippen LogP contribution in [0, 0.1) is 0 Å². The Hall–Kier alpha value is -1.06. The van der Waals surface area contributed by atoms with Gasteiger partial charge in [0.15, 0.2) is 0 Å². The van der Waals surface area contributed by atoms with Gasteiger partial charge >= 0.3 is 0 Å². The van der Waals surface area contributed by atoms with Crippen LogP contribution in [0.25, 0.3) is 0 Å². The van der Waals surface area contributed by atoms with Crippen molar-refractivity contribution >= 4 is 0 Å². The third kappa shape index (κ3) is 2.99. The Morgan fingerprint density at radius 1 is 1.29 bits per heavy atom. The van der Waals surface area contributed by atoms with Crippen molar-refractivity contribution in [1.82, 2.24) is 5.32 Å².